The Labute approximate surface area is 97.8 Å². The zero-order valence-corrected chi connectivity index (χ0v) is 10.2. The fourth-order valence-electron chi connectivity index (χ4n) is 1.77. The van der Waals surface area contributed by atoms with Gasteiger partial charge in [0.2, 0.25) is 0 Å². The average molecular weight is 219 g/mol. The first-order valence-electron chi connectivity index (χ1n) is 6.04. The van der Waals surface area contributed by atoms with Gasteiger partial charge in [-0.25, -0.2) is 0 Å². The SMILES string of the molecule is CC(C)(N)Cc1ccccc1OCC1CC1. The van der Waals surface area contributed by atoms with Gasteiger partial charge in [-0.3, -0.25) is 0 Å². The lowest BCUT2D eigenvalue weighted by Crippen LogP contribution is -2.34. The molecule has 0 aliphatic heterocycles. The molecule has 0 atom stereocenters. The molecule has 1 aliphatic rings. The monoisotopic (exact) mass is 219 g/mol. The molecule has 2 rings (SSSR count). The van der Waals surface area contributed by atoms with Crippen molar-refractivity contribution in [3.05, 3.63) is 29.8 Å². The Balaban J connectivity index is 2.03. The van der Waals surface area contributed by atoms with Crippen LogP contribution in [0.1, 0.15) is 32.3 Å². The van der Waals surface area contributed by atoms with Crippen LogP contribution < -0.4 is 10.5 Å². The molecule has 0 aromatic heterocycles. The van der Waals surface area contributed by atoms with E-state index in [2.05, 4.69) is 6.07 Å². The number of hydrogen-bond donors (Lipinski definition) is 1. The highest BCUT2D eigenvalue weighted by molar-refractivity contribution is 5.34. The zero-order valence-electron chi connectivity index (χ0n) is 10.2. The number of para-hydroxylation sites is 1. The van der Waals surface area contributed by atoms with Gasteiger partial charge < -0.3 is 10.5 Å². The number of ether oxygens (including phenoxy) is 1. The van der Waals surface area contributed by atoms with E-state index in [0.29, 0.717) is 0 Å². The van der Waals surface area contributed by atoms with Gasteiger partial charge in [0.05, 0.1) is 6.61 Å². The summed E-state index contributed by atoms with van der Waals surface area (Å²) in [5, 5.41) is 0. The van der Waals surface area contributed by atoms with Crippen molar-refractivity contribution >= 4 is 0 Å². The Hall–Kier alpha value is -1.02. The summed E-state index contributed by atoms with van der Waals surface area (Å²) in [5.74, 6) is 1.80. The maximum absolute atomic E-state index is 6.05. The van der Waals surface area contributed by atoms with Crippen LogP contribution >= 0.6 is 0 Å². The van der Waals surface area contributed by atoms with E-state index in [1.54, 1.807) is 0 Å². The van der Waals surface area contributed by atoms with E-state index >= 15 is 0 Å². The predicted molar refractivity (Wildman–Crippen MR) is 66.6 cm³/mol. The number of nitrogens with two attached hydrogens (primary N) is 1. The first-order chi connectivity index (χ1) is 7.54. The maximum atomic E-state index is 6.05. The fraction of sp³-hybridized carbons (Fsp3) is 0.571. The quantitative estimate of drug-likeness (QED) is 0.826. The molecule has 1 aromatic carbocycles. The molecule has 1 saturated carbocycles. The second-order valence-electron chi connectivity index (χ2n) is 5.53. The van der Waals surface area contributed by atoms with Crippen LogP contribution in [0, 0.1) is 5.92 Å². The highest BCUT2D eigenvalue weighted by atomic mass is 16.5. The van der Waals surface area contributed by atoms with Gasteiger partial charge in [0.25, 0.3) is 0 Å². The summed E-state index contributed by atoms with van der Waals surface area (Å²) in [4.78, 5) is 0. The number of hydrogen-bond acceptors (Lipinski definition) is 2. The van der Waals surface area contributed by atoms with Gasteiger partial charge in [0.15, 0.2) is 0 Å². The van der Waals surface area contributed by atoms with Crippen LogP contribution in [0.15, 0.2) is 24.3 Å². The van der Waals surface area contributed by atoms with E-state index in [1.807, 2.05) is 32.0 Å². The molecule has 0 bridgehead atoms. The third-order valence-electron chi connectivity index (χ3n) is 2.79. The van der Waals surface area contributed by atoms with Gasteiger partial charge in [-0.2, -0.15) is 0 Å². The van der Waals surface area contributed by atoms with Crippen molar-refractivity contribution in [2.75, 3.05) is 6.61 Å². The Kier molecular flexibility index (Phi) is 3.20. The van der Waals surface area contributed by atoms with Crippen molar-refractivity contribution < 1.29 is 4.74 Å². The summed E-state index contributed by atoms with van der Waals surface area (Å²) in [6.45, 7) is 4.96. The van der Waals surface area contributed by atoms with Gasteiger partial charge >= 0.3 is 0 Å². The molecule has 0 spiro atoms. The lowest BCUT2D eigenvalue weighted by molar-refractivity contribution is 0.295. The summed E-state index contributed by atoms with van der Waals surface area (Å²) in [6.07, 6.45) is 3.50. The summed E-state index contributed by atoms with van der Waals surface area (Å²) in [5.41, 5.74) is 7.09. The van der Waals surface area contributed by atoms with Crippen LogP contribution in [0.2, 0.25) is 0 Å². The Bertz CT molecular complexity index is 350. The molecule has 1 aromatic rings. The van der Waals surface area contributed by atoms with E-state index in [9.17, 15) is 0 Å². The predicted octanol–water partition coefficient (Wildman–Crippen LogP) is 2.76. The summed E-state index contributed by atoms with van der Waals surface area (Å²) >= 11 is 0. The maximum Gasteiger partial charge on any atom is 0.122 e. The van der Waals surface area contributed by atoms with Crippen LogP contribution in [0.5, 0.6) is 5.75 Å². The molecule has 2 N–H and O–H groups in total. The van der Waals surface area contributed by atoms with Crippen LogP contribution in [0.25, 0.3) is 0 Å². The first-order valence-corrected chi connectivity index (χ1v) is 6.04. The number of rotatable bonds is 5. The normalized spacial score (nSPS) is 16.2. The molecular weight excluding hydrogens is 198 g/mol. The second-order valence-corrected chi connectivity index (χ2v) is 5.53. The number of benzene rings is 1. The molecule has 2 heteroatoms. The molecule has 0 unspecified atom stereocenters. The van der Waals surface area contributed by atoms with Gasteiger partial charge in [-0.15, -0.1) is 0 Å². The van der Waals surface area contributed by atoms with E-state index in [0.717, 1.165) is 24.7 Å². The van der Waals surface area contributed by atoms with E-state index < -0.39 is 0 Å². The topological polar surface area (TPSA) is 35.2 Å². The summed E-state index contributed by atoms with van der Waals surface area (Å²) in [7, 11) is 0. The molecule has 0 radical (unpaired) electrons. The lowest BCUT2D eigenvalue weighted by Gasteiger charge is -2.20. The van der Waals surface area contributed by atoms with Crippen molar-refractivity contribution in [1.82, 2.24) is 0 Å². The molecule has 0 heterocycles. The van der Waals surface area contributed by atoms with Crippen LogP contribution in [-0.2, 0) is 6.42 Å². The molecule has 2 nitrogen and oxygen atoms in total. The van der Waals surface area contributed by atoms with Crippen molar-refractivity contribution in [3.63, 3.8) is 0 Å². The van der Waals surface area contributed by atoms with Crippen LogP contribution in [0.3, 0.4) is 0 Å². The Morgan fingerprint density at radius 2 is 2.00 bits per heavy atom. The van der Waals surface area contributed by atoms with Crippen molar-refractivity contribution in [1.29, 1.82) is 0 Å². The lowest BCUT2D eigenvalue weighted by atomic mass is 9.96. The standard InChI is InChI=1S/C14H21NO/c1-14(2,15)9-12-5-3-4-6-13(12)16-10-11-7-8-11/h3-6,11H,7-10,15H2,1-2H3. The fourth-order valence-corrected chi connectivity index (χ4v) is 1.77. The van der Waals surface area contributed by atoms with E-state index in [-0.39, 0.29) is 5.54 Å². The van der Waals surface area contributed by atoms with Crippen LogP contribution in [-0.4, -0.2) is 12.1 Å². The highest BCUT2D eigenvalue weighted by Gasteiger charge is 2.22. The van der Waals surface area contributed by atoms with Gasteiger partial charge in [0, 0.05) is 5.54 Å². The van der Waals surface area contributed by atoms with E-state index in [4.69, 9.17) is 10.5 Å². The van der Waals surface area contributed by atoms with Gasteiger partial charge in [-0.1, -0.05) is 18.2 Å². The van der Waals surface area contributed by atoms with Crippen LogP contribution in [0.4, 0.5) is 0 Å². The third-order valence-corrected chi connectivity index (χ3v) is 2.79. The average Bonchev–Trinajstić information content (AvgIpc) is 2.98. The Morgan fingerprint density at radius 1 is 1.31 bits per heavy atom. The summed E-state index contributed by atoms with van der Waals surface area (Å²) < 4.78 is 5.85. The molecule has 0 saturated heterocycles. The van der Waals surface area contributed by atoms with E-state index in [1.165, 1.54) is 18.4 Å². The Morgan fingerprint density at radius 3 is 2.62 bits per heavy atom. The minimum absolute atomic E-state index is 0.182. The first kappa shape index (κ1) is 11.5. The van der Waals surface area contributed by atoms with Crippen molar-refractivity contribution in [3.8, 4) is 5.75 Å². The molecule has 16 heavy (non-hydrogen) atoms. The zero-order chi connectivity index (χ0) is 11.6. The molecule has 88 valence electrons. The molecule has 1 fully saturated rings. The second kappa shape index (κ2) is 4.46. The largest absolute Gasteiger partial charge is 0.493 e. The molecule has 0 amide bonds. The van der Waals surface area contributed by atoms with Crippen molar-refractivity contribution in [2.24, 2.45) is 11.7 Å². The molecular formula is C14H21NO. The minimum Gasteiger partial charge on any atom is -0.493 e. The van der Waals surface area contributed by atoms with Gasteiger partial charge in [0.1, 0.15) is 5.75 Å². The minimum atomic E-state index is -0.182. The van der Waals surface area contributed by atoms with Crippen molar-refractivity contribution in [2.45, 2.75) is 38.6 Å². The third kappa shape index (κ3) is 3.53. The highest BCUT2D eigenvalue weighted by Crippen LogP contribution is 2.30. The molecule has 1 aliphatic carbocycles. The van der Waals surface area contributed by atoms with Gasteiger partial charge in [-0.05, 0) is 50.7 Å². The smallest absolute Gasteiger partial charge is 0.122 e. The summed E-state index contributed by atoms with van der Waals surface area (Å²) in [6, 6.07) is 8.22.